The largest absolute Gasteiger partial charge is 0.489 e. The van der Waals surface area contributed by atoms with Crippen LogP contribution in [0.1, 0.15) is 31.1 Å². The van der Waals surface area contributed by atoms with E-state index < -0.39 is 40.6 Å². The third-order valence-corrected chi connectivity index (χ3v) is 2.30. The fourth-order valence-electron chi connectivity index (χ4n) is 1.47. The number of benzene rings is 1. The van der Waals surface area contributed by atoms with Gasteiger partial charge in [-0.3, -0.25) is 0 Å². The normalized spacial score (nSPS) is 11.0. The van der Waals surface area contributed by atoms with Crippen molar-refractivity contribution in [3.63, 3.8) is 0 Å². The molecule has 0 aliphatic carbocycles. The summed E-state index contributed by atoms with van der Waals surface area (Å²) in [6.45, 7) is 4.97. The second-order valence-corrected chi connectivity index (χ2v) is 5.32. The van der Waals surface area contributed by atoms with E-state index >= 15 is 0 Å². The zero-order valence-electron chi connectivity index (χ0n) is 12.4. The topological polar surface area (TPSA) is 84.9 Å². The molecule has 1 amide bonds. The van der Waals surface area contributed by atoms with E-state index in [0.717, 1.165) is 12.1 Å². The van der Waals surface area contributed by atoms with Gasteiger partial charge in [0.1, 0.15) is 23.6 Å². The summed E-state index contributed by atoms with van der Waals surface area (Å²) in [4.78, 5) is 22.1. The third-order valence-electron chi connectivity index (χ3n) is 2.30. The van der Waals surface area contributed by atoms with E-state index in [-0.39, 0.29) is 13.2 Å². The van der Waals surface area contributed by atoms with Crippen LogP contribution in [0.15, 0.2) is 12.1 Å². The number of carbonyl (C=O) groups excluding carboxylic acids is 1. The summed E-state index contributed by atoms with van der Waals surface area (Å²) in [5, 5.41) is 11.1. The molecule has 0 saturated carbocycles. The van der Waals surface area contributed by atoms with E-state index in [9.17, 15) is 18.4 Å². The molecule has 1 aromatic carbocycles. The van der Waals surface area contributed by atoms with Gasteiger partial charge in [-0.2, -0.15) is 0 Å². The van der Waals surface area contributed by atoms with Gasteiger partial charge in [-0.05, 0) is 32.9 Å². The number of amides is 1. The van der Waals surface area contributed by atoms with Crippen molar-refractivity contribution in [3.8, 4) is 5.75 Å². The van der Waals surface area contributed by atoms with Crippen LogP contribution in [0, 0.1) is 11.6 Å². The number of rotatable bonds is 5. The van der Waals surface area contributed by atoms with Crippen LogP contribution >= 0.6 is 0 Å². The number of halogens is 2. The fraction of sp³-hybridized carbons (Fsp3) is 0.429. The molecule has 0 radical (unpaired) electrons. The average Bonchev–Trinajstić information content (AvgIpc) is 2.34. The first-order valence-corrected chi connectivity index (χ1v) is 6.43. The molecule has 1 rings (SSSR count). The van der Waals surface area contributed by atoms with E-state index in [0.29, 0.717) is 0 Å². The fourth-order valence-corrected chi connectivity index (χ4v) is 1.47. The zero-order chi connectivity index (χ0) is 16.9. The van der Waals surface area contributed by atoms with Crippen LogP contribution in [-0.2, 0) is 4.74 Å². The second kappa shape index (κ2) is 7.06. The Morgan fingerprint density at radius 1 is 1.27 bits per heavy atom. The summed E-state index contributed by atoms with van der Waals surface area (Å²) in [5.41, 5.74) is -1.73. The molecule has 0 aliphatic rings. The van der Waals surface area contributed by atoms with Gasteiger partial charge < -0.3 is 19.9 Å². The number of hydrogen-bond donors (Lipinski definition) is 2. The molecule has 0 aliphatic heterocycles. The molecule has 0 fully saturated rings. The van der Waals surface area contributed by atoms with Gasteiger partial charge in [0, 0.05) is 0 Å². The number of ether oxygens (including phenoxy) is 2. The van der Waals surface area contributed by atoms with Gasteiger partial charge in [0.15, 0.2) is 11.6 Å². The quantitative estimate of drug-likeness (QED) is 0.815. The van der Waals surface area contributed by atoms with E-state index in [1.54, 1.807) is 20.8 Å². The lowest BCUT2D eigenvalue weighted by Crippen LogP contribution is -2.34. The highest BCUT2D eigenvalue weighted by Gasteiger charge is 2.21. The van der Waals surface area contributed by atoms with Gasteiger partial charge in [-0.25, -0.2) is 18.4 Å². The smallest absolute Gasteiger partial charge is 0.407 e. The number of hydrogen-bond acceptors (Lipinski definition) is 4. The first kappa shape index (κ1) is 17.7. The molecule has 122 valence electrons. The Balaban J connectivity index is 2.55. The van der Waals surface area contributed by atoms with Crippen LogP contribution in [0.2, 0.25) is 0 Å². The Bertz CT molecular complexity index is 569. The summed E-state index contributed by atoms with van der Waals surface area (Å²) in [5.74, 6) is -4.63. The van der Waals surface area contributed by atoms with Crippen molar-refractivity contribution >= 4 is 12.1 Å². The molecule has 0 spiro atoms. The number of aromatic carboxylic acids is 1. The minimum absolute atomic E-state index is 0.00807. The first-order valence-electron chi connectivity index (χ1n) is 6.43. The number of carbonyl (C=O) groups is 2. The highest BCUT2D eigenvalue weighted by Crippen LogP contribution is 2.23. The Morgan fingerprint density at radius 2 is 1.91 bits per heavy atom. The van der Waals surface area contributed by atoms with E-state index in [4.69, 9.17) is 14.6 Å². The second-order valence-electron chi connectivity index (χ2n) is 5.32. The van der Waals surface area contributed by atoms with E-state index in [1.165, 1.54) is 0 Å². The number of carboxylic acids is 1. The van der Waals surface area contributed by atoms with E-state index in [1.807, 2.05) is 0 Å². The molecule has 0 aromatic heterocycles. The summed E-state index contributed by atoms with van der Waals surface area (Å²) < 4.78 is 36.9. The van der Waals surface area contributed by atoms with Crippen LogP contribution in [-0.4, -0.2) is 35.9 Å². The van der Waals surface area contributed by atoms with Crippen molar-refractivity contribution < 1.29 is 33.0 Å². The third kappa shape index (κ3) is 5.19. The van der Waals surface area contributed by atoms with Crippen molar-refractivity contribution in [2.24, 2.45) is 0 Å². The highest BCUT2D eigenvalue weighted by atomic mass is 19.1. The van der Waals surface area contributed by atoms with Crippen molar-refractivity contribution in [2.75, 3.05) is 13.2 Å². The van der Waals surface area contributed by atoms with Crippen molar-refractivity contribution in [2.45, 2.75) is 26.4 Å². The van der Waals surface area contributed by atoms with Gasteiger partial charge in [0.2, 0.25) is 0 Å². The zero-order valence-corrected chi connectivity index (χ0v) is 12.4. The monoisotopic (exact) mass is 317 g/mol. The summed E-state index contributed by atoms with van der Waals surface area (Å²) in [7, 11) is 0. The lowest BCUT2D eigenvalue weighted by atomic mass is 10.2. The number of nitrogens with one attached hydrogen (secondary N) is 1. The number of carboxylic acid groups (broad SMARTS) is 1. The maximum Gasteiger partial charge on any atom is 0.407 e. The molecule has 2 N–H and O–H groups in total. The Kier molecular flexibility index (Phi) is 5.67. The van der Waals surface area contributed by atoms with Crippen LogP contribution in [0.5, 0.6) is 5.75 Å². The highest BCUT2D eigenvalue weighted by molar-refractivity contribution is 5.88. The molecular formula is C14H17F2NO5. The van der Waals surface area contributed by atoms with Crippen LogP contribution in [0.25, 0.3) is 0 Å². The van der Waals surface area contributed by atoms with E-state index in [2.05, 4.69) is 5.32 Å². The standard InChI is InChI=1S/C14H17F2NO5/c1-14(2,3)22-13(20)17-6-7-21-9-5-4-8(15)10(11(9)16)12(18)19/h4-5H,6-7H2,1-3H3,(H,17,20)(H,18,19). The van der Waals surface area contributed by atoms with Crippen LogP contribution < -0.4 is 10.1 Å². The predicted molar refractivity (Wildman–Crippen MR) is 73.0 cm³/mol. The first-order chi connectivity index (χ1) is 10.1. The maximum absolute atomic E-state index is 13.7. The molecular weight excluding hydrogens is 300 g/mol. The molecule has 0 saturated heterocycles. The van der Waals surface area contributed by atoms with Gasteiger partial charge >= 0.3 is 12.1 Å². The van der Waals surface area contributed by atoms with Gasteiger partial charge in [-0.1, -0.05) is 0 Å². The SMILES string of the molecule is CC(C)(C)OC(=O)NCCOc1ccc(F)c(C(=O)O)c1F. The minimum atomic E-state index is -1.73. The maximum atomic E-state index is 13.7. The molecule has 1 aromatic rings. The summed E-state index contributed by atoms with van der Waals surface area (Å²) in [6.07, 6.45) is -0.665. The summed E-state index contributed by atoms with van der Waals surface area (Å²) in [6, 6.07) is 1.77. The predicted octanol–water partition coefficient (Wildman–Crippen LogP) is 2.57. The Labute approximate surface area is 126 Å². The van der Waals surface area contributed by atoms with Crippen LogP contribution in [0.3, 0.4) is 0 Å². The van der Waals surface area contributed by atoms with Gasteiger partial charge in [0.05, 0.1) is 6.54 Å². The molecule has 0 atom stereocenters. The molecule has 22 heavy (non-hydrogen) atoms. The van der Waals surface area contributed by atoms with Crippen molar-refractivity contribution in [3.05, 3.63) is 29.3 Å². The molecule has 8 heteroatoms. The minimum Gasteiger partial charge on any atom is -0.489 e. The Hall–Kier alpha value is -2.38. The Morgan fingerprint density at radius 3 is 2.45 bits per heavy atom. The number of alkyl carbamates (subject to hydrolysis) is 1. The van der Waals surface area contributed by atoms with Crippen LogP contribution in [0.4, 0.5) is 13.6 Å². The molecule has 0 unspecified atom stereocenters. The summed E-state index contributed by atoms with van der Waals surface area (Å²) >= 11 is 0. The molecule has 0 bridgehead atoms. The lowest BCUT2D eigenvalue weighted by Gasteiger charge is -2.19. The van der Waals surface area contributed by atoms with Crippen molar-refractivity contribution in [1.82, 2.24) is 5.32 Å². The van der Waals surface area contributed by atoms with Gasteiger partial charge in [0.25, 0.3) is 0 Å². The van der Waals surface area contributed by atoms with Gasteiger partial charge in [-0.15, -0.1) is 0 Å². The molecule has 6 nitrogen and oxygen atoms in total. The average molecular weight is 317 g/mol. The lowest BCUT2D eigenvalue weighted by molar-refractivity contribution is 0.0519. The molecule has 0 heterocycles. The van der Waals surface area contributed by atoms with Crippen molar-refractivity contribution in [1.29, 1.82) is 0 Å².